The van der Waals surface area contributed by atoms with E-state index >= 15 is 0 Å². The van der Waals surface area contributed by atoms with Crippen molar-refractivity contribution in [3.05, 3.63) is 10.6 Å². The Balaban J connectivity index is 2.48. The molecule has 1 rings (SSSR count). The van der Waals surface area contributed by atoms with Crippen molar-refractivity contribution in [3.8, 4) is 0 Å². The van der Waals surface area contributed by atoms with Gasteiger partial charge in [-0.3, -0.25) is 0 Å². The van der Waals surface area contributed by atoms with E-state index in [9.17, 15) is 5.11 Å². The number of rotatable bonds is 7. The van der Waals surface area contributed by atoms with Crippen LogP contribution in [0.2, 0.25) is 0 Å². The summed E-state index contributed by atoms with van der Waals surface area (Å²) in [6.45, 7) is 6.32. The van der Waals surface area contributed by atoms with Gasteiger partial charge in [0.05, 0.1) is 16.7 Å². The fourth-order valence-corrected chi connectivity index (χ4v) is 2.59. The van der Waals surface area contributed by atoms with Gasteiger partial charge in [0.1, 0.15) is 0 Å². The summed E-state index contributed by atoms with van der Waals surface area (Å²) >= 11 is 1.32. The van der Waals surface area contributed by atoms with Crippen LogP contribution in [0.25, 0.3) is 0 Å². The van der Waals surface area contributed by atoms with Gasteiger partial charge < -0.3 is 5.11 Å². The van der Waals surface area contributed by atoms with Gasteiger partial charge in [-0.15, -0.1) is 5.10 Å². The highest BCUT2D eigenvalue weighted by atomic mass is 32.1. The lowest BCUT2D eigenvalue weighted by molar-refractivity contribution is 0.141. The topological polar surface area (TPSA) is 46.0 Å². The zero-order valence-corrected chi connectivity index (χ0v) is 11.3. The molecule has 0 aliphatic heterocycles. The van der Waals surface area contributed by atoms with Gasteiger partial charge in [0, 0.05) is 0 Å². The van der Waals surface area contributed by atoms with Crippen molar-refractivity contribution < 1.29 is 5.11 Å². The maximum atomic E-state index is 10.1. The summed E-state index contributed by atoms with van der Waals surface area (Å²) in [6, 6.07) is 0. The number of aryl methyl sites for hydroxylation is 1. The van der Waals surface area contributed by atoms with Crippen LogP contribution in [0.15, 0.2) is 0 Å². The predicted octanol–water partition coefficient (Wildman–Crippen LogP) is 3.49. The molecule has 0 aliphatic rings. The molecule has 1 heterocycles. The second kappa shape index (κ2) is 6.97. The van der Waals surface area contributed by atoms with Crippen molar-refractivity contribution in [2.45, 2.75) is 59.0 Å². The van der Waals surface area contributed by atoms with Crippen LogP contribution >= 0.6 is 11.5 Å². The molecular weight excluding hydrogens is 220 g/mol. The van der Waals surface area contributed by atoms with E-state index in [2.05, 4.69) is 23.4 Å². The predicted molar refractivity (Wildman–Crippen MR) is 67.5 cm³/mol. The van der Waals surface area contributed by atoms with Crippen LogP contribution in [0.4, 0.5) is 0 Å². The first-order valence-corrected chi connectivity index (χ1v) is 6.93. The number of aliphatic hydroxyl groups is 1. The van der Waals surface area contributed by atoms with Crippen LogP contribution < -0.4 is 0 Å². The molecule has 0 saturated heterocycles. The van der Waals surface area contributed by atoms with E-state index in [1.807, 2.05) is 6.92 Å². The molecule has 0 saturated carbocycles. The fraction of sp³-hybridized carbons (Fsp3) is 0.833. The van der Waals surface area contributed by atoms with Gasteiger partial charge in [-0.25, -0.2) is 0 Å². The smallest absolute Gasteiger partial charge is 0.0919 e. The molecule has 2 unspecified atom stereocenters. The lowest BCUT2D eigenvalue weighted by Gasteiger charge is -2.17. The van der Waals surface area contributed by atoms with Gasteiger partial charge in [-0.2, -0.15) is 0 Å². The van der Waals surface area contributed by atoms with Gasteiger partial charge in [0.15, 0.2) is 0 Å². The summed E-state index contributed by atoms with van der Waals surface area (Å²) in [4.78, 5) is 0.940. The van der Waals surface area contributed by atoms with E-state index < -0.39 is 0 Å². The quantitative estimate of drug-likeness (QED) is 0.796. The fourth-order valence-electron chi connectivity index (χ4n) is 1.95. The SMILES string of the molecule is CCCCC(CC)CC(O)c1snnc1C. The third-order valence-electron chi connectivity index (χ3n) is 3.09. The van der Waals surface area contributed by atoms with Crippen LogP contribution in [0, 0.1) is 12.8 Å². The average molecular weight is 242 g/mol. The molecule has 2 atom stereocenters. The van der Waals surface area contributed by atoms with E-state index in [0.29, 0.717) is 5.92 Å². The molecule has 1 aromatic heterocycles. The number of aliphatic hydroxyl groups excluding tert-OH is 1. The zero-order chi connectivity index (χ0) is 12.0. The molecule has 4 heteroatoms. The number of hydrogen-bond donors (Lipinski definition) is 1. The maximum absolute atomic E-state index is 10.1. The third kappa shape index (κ3) is 3.83. The highest BCUT2D eigenvalue weighted by Gasteiger charge is 2.18. The van der Waals surface area contributed by atoms with Crippen LogP contribution in [0.3, 0.4) is 0 Å². The van der Waals surface area contributed by atoms with Crippen LogP contribution in [0.5, 0.6) is 0 Å². The molecule has 3 nitrogen and oxygen atoms in total. The second-order valence-electron chi connectivity index (χ2n) is 4.39. The zero-order valence-electron chi connectivity index (χ0n) is 10.4. The summed E-state index contributed by atoms with van der Waals surface area (Å²) in [5, 5.41) is 14.1. The third-order valence-corrected chi connectivity index (χ3v) is 4.02. The molecular formula is C12H22N2OS. The van der Waals surface area contributed by atoms with Crippen molar-refractivity contribution in [2.24, 2.45) is 5.92 Å². The summed E-state index contributed by atoms with van der Waals surface area (Å²) in [6.07, 6.45) is 5.32. The molecule has 0 bridgehead atoms. The second-order valence-corrected chi connectivity index (χ2v) is 5.18. The summed E-state index contributed by atoms with van der Waals surface area (Å²) in [5.41, 5.74) is 0.878. The van der Waals surface area contributed by atoms with Crippen molar-refractivity contribution in [2.75, 3.05) is 0 Å². The van der Waals surface area contributed by atoms with Gasteiger partial charge in [0.2, 0.25) is 0 Å². The highest BCUT2D eigenvalue weighted by molar-refractivity contribution is 7.05. The molecule has 1 N–H and O–H groups in total. The maximum Gasteiger partial charge on any atom is 0.0919 e. The van der Waals surface area contributed by atoms with Gasteiger partial charge in [0.25, 0.3) is 0 Å². The Morgan fingerprint density at radius 3 is 2.62 bits per heavy atom. The van der Waals surface area contributed by atoms with Crippen molar-refractivity contribution in [1.29, 1.82) is 0 Å². The van der Waals surface area contributed by atoms with Crippen LogP contribution in [-0.2, 0) is 0 Å². The highest BCUT2D eigenvalue weighted by Crippen LogP contribution is 2.29. The van der Waals surface area contributed by atoms with Gasteiger partial charge >= 0.3 is 0 Å². The van der Waals surface area contributed by atoms with Crippen LogP contribution in [0.1, 0.15) is 62.6 Å². The molecule has 92 valence electrons. The van der Waals surface area contributed by atoms with E-state index in [0.717, 1.165) is 23.4 Å². The molecule has 0 amide bonds. The number of aromatic nitrogens is 2. The molecule has 16 heavy (non-hydrogen) atoms. The molecule has 1 aromatic rings. The van der Waals surface area contributed by atoms with Crippen molar-refractivity contribution in [1.82, 2.24) is 9.59 Å². The molecule has 0 spiro atoms. The standard InChI is InChI=1S/C12H22N2OS/c1-4-6-7-10(5-2)8-11(15)12-9(3)13-14-16-12/h10-11,15H,4-8H2,1-3H3. The normalized spacial score (nSPS) is 15.0. The molecule has 0 aliphatic carbocycles. The summed E-state index contributed by atoms with van der Waals surface area (Å²) in [5.74, 6) is 0.622. The first-order valence-electron chi connectivity index (χ1n) is 6.15. The Morgan fingerprint density at radius 2 is 2.12 bits per heavy atom. The van der Waals surface area contributed by atoms with E-state index in [1.165, 1.54) is 30.8 Å². The number of hydrogen-bond acceptors (Lipinski definition) is 4. The lowest BCUT2D eigenvalue weighted by atomic mass is 9.92. The molecule has 0 aromatic carbocycles. The molecule has 0 radical (unpaired) electrons. The number of nitrogens with zero attached hydrogens (tertiary/aromatic N) is 2. The Morgan fingerprint density at radius 1 is 1.38 bits per heavy atom. The monoisotopic (exact) mass is 242 g/mol. The number of unbranched alkanes of at least 4 members (excludes halogenated alkanes) is 1. The summed E-state index contributed by atoms with van der Waals surface area (Å²) < 4.78 is 3.87. The Bertz CT molecular complexity index is 301. The minimum absolute atomic E-state index is 0.373. The largest absolute Gasteiger partial charge is 0.387 e. The van der Waals surface area contributed by atoms with E-state index in [-0.39, 0.29) is 6.10 Å². The van der Waals surface area contributed by atoms with E-state index in [1.54, 1.807) is 0 Å². The molecule has 0 fully saturated rings. The lowest BCUT2D eigenvalue weighted by Crippen LogP contribution is -2.07. The average Bonchev–Trinajstić information content (AvgIpc) is 2.70. The van der Waals surface area contributed by atoms with Crippen molar-refractivity contribution in [3.63, 3.8) is 0 Å². The van der Waals surface area contributed by atoms with E-state index in [4.69, 9.17) is 0 Å². The Labute approximate surface area is 102 Å². The Hall–Kier alpha value is -0.480. The first kappa shape index (κ1) is 13.6. The van der Waals surface area contributed by atoms with Crippen molar-refractivity contribution >= 4 is 11.5 Å². The minimum Gasteiger partial charge on any atom is -0.387 e. The summed E-state index contributed by atoms with van der Waals surface area (Å²) in [7, 11) is 0. The minimum atomic E-state index is -0.373. The van der Waals surface area contributed by atoms with Gasteiger partial charge in [-0.1, -0.05) is 44.0 Å². The van der Waals surface area contributed by atoms with Gasteiger partial charge in [-0.05, 0) is 30.8 Å². The van der Waals surface area contributed by atoms with Crippen LogP contribution in [-0.4, -0.2) is 14.7 Å². The first-order chi connectivity index (χ1) is 7.69. The Kier molecular flexibility index (Phi) is 5.91.